The Labute approximate surface area is 139 Å². The third-order valence-electron chi connectivity index (χ3n) is 4.12. The van der Waals surface area contributed by atoms with Gasteiger partial charge in [0.2, 0.25) is 11.8 Å². The molecule has 7 heteroatoms. The topological polar surface area (TPSA) is 86.2 Å². The van der Waals surface area contributed by atoms with Crippen LogP contribution in [0.4, 0.5) is 0 Å². The first kappa shape index (κ1) is 14.9. The summed E-state index contributed by atoms with van der Waals surface area (Å²) in [6.07, 6.45) is 3.16. The maximum Gasteiger partial charge on any atom is 0.231 e. The van der Waals surface area contributed by atoms with Crippen LogP contribution in [0.1, 0.15) is 29.7 Å². The van der Waals surface area contributed by atoms with Crippen molar-refractivity contribution in [3.8, 4) is 17.2 Å². The summed E-state index contributed by atoms with van der Waals surface area (Å²) < 4.78 is 16.1. The summed E-state index contributed by atoms with van der Waals surface area (Å²) in [5, 5.41) is 7.34. The van der Waals surface area contributed by atoms with Crippen molar-refractivity contribution in [1.29, 1.82) is 0 Å². The molecule has 0 radical (unpaired) electrons. The lowest BCUT2D eigenvalue weighted by atomic mass is 10.1. The molecule has 0 aliphatic carbocycles. The van der Waals surface area contributed by atoms with Gasteiger partial charge in [0.05, 0.1) is 25.1 Å². The van der Waals surface area contributed by atoms with Crippen molar-refractivity contribution in [1.82, 2.24) is 20.4 Å². The van der Waals surface area contributed by atoms with Crippen LogP contribution in [0.25, 0.3) is 11.5 Å². The third kappa shape index (κ3) is 3.03. The Morgan fingerprint density at radius 3 is 2.88 bits per heavy atom. The number of hydrogen-bond acceptors (Lipinski definition) is 7. The fraction of sp³-hybridized carbons (Fsp3) is 0.353. The minimum Gasteiger partial charge on any atom is -0.497 e. The number of ether oxygens (including phenoxy) is 1. The quantitative estimate of drug-likeness (QED) is 0.770. The number of nitrogens with one attached hydrogen (secondary N) is 1. The van der Waals surface area contributed by atoms with Crippen LogP contribution in [-0.4, -0.2) is 35.3 Å². The fourth-order valence-corrected chi connectivity index (χ4v) is 2.79. The van der Waals surface area contributed by atoms with Gasteiger partial charge in [0.25, 0.3) is 0 Å². The van der Waals surface area contributed by atoms with Crippen molar-refractivity contribution < 1.29 is 13.7 Å². The second-order valence-corrected chi connectivity index (χ2v) is 5.79. The van der Waals surface area contributed by atoms with E-state index in [2.05, 4.69) is 20.4 Å². The summed E-state index contributed by atoms with van der Waals surface area (Å²) in [4.78, 5) is 8.97. The van der Waals surface area contributed by atoms with Crippen molar-refractivity contribution in [3.05, 3.63) is 47.9 Å². The van der Waals surface area contributed by atoms with Gasteiger partial charge in [-0.2, -0.15) is 4.98 Å². The largest absolute Gasteiger partial charge is 0.497 e. The zero-order chi connectivity index (χ0) is 16.4. The van der Waals surface area contributed by atoms with E-state index < -0.39 is 0 Å². The predicted molar refractivity (Wildman–Crippen MR) is 85.8 cm³/mol. The van der Waals surface area contributed by atoms with Gasteiger partial charge in [-0.3, -0.25) is 0 Å². The maximum atomic E-state index is 5.55. The molecule has 4 rings (SSSR count). The molecular formula is C17H18N4O3. The molecule has 1 aliphatic rings. The summed E-state index contributed by atoms with van der Waals surface area (Å²) in [7, 11) is 1.64. The molecule has 3 aromatic rings. The van der Waals surface area contributed by atoms with Crippen LogP contribution in [0.2, 0.25) is 0 Å². The Morgan fingerprint density at radius 2 is 2.12 bits per heavy atom. The van der Waals surface area contributed by atoms with Crippen molar-refractivity contribution >= 4 is 0 Å². The highest BCUT2D eigenvalue weighted by Crippen LogP contribution is 2.23. The average Bonchev–Trinajstić information content (AvgIpc) is 3.37. The Morgan fingerprint density at radius 1 is 1.25 bits per heavy atom. The second kappa shape index (κ2) is 6.45. The molecule has 0 unspecified atom stereocenters. The molecule has 24 heavy (non-hydrogen) atoms. The predicted octanol–water partition coefficient (Wildman–Crippen LogP) is 2.40. The molecule has 1 saturated heterocycles. The normalized spacial score (nSPS) is 17.3. The maximum absolute atomic E-state index is 5.55. The number of oxazole rings is 1. The number of rotatable bonds is 5. The molecule has 1 aliphatic heterocycles. The van der Waals surface area contributed by atoms with E-state index >= 15 is 0 Å². The van der Waals surface area contributed by atoms with Crippen LogP contribution in [0.5, 0.6) is 5.75 Å². The van der Waals surface area contributed by atoms with Gasteiger partial charge in [0.1, 0.15) is 12.0 Å². The second-order valence-electron chi connectivity index (χ2n) is 5.79. The van der Waals surface area contributed by atoms with Gasteiger partial charge in [0.15, 0.2) is 5.82 Å². The molecule has 1 fully saturated rings. The molecule has 124 valence electrons. The van der Waals surface area contributed by atoms with E-state index in [1.54, 1.807) is 13.4 Å². The van der Waals surface area contributed by atoms with Crippen molar-refractivity contribution in [2.45, 2.75) is 18.8 Å². The highest BCUT2D eigenvalue weighted by molar-refractivity contribution is 5.54. The molecule has 2 aromatic heterocycles. The monoisotopic (exact) mass is 326 g/mol. The summed E-state index contributed by atoms with van der Waals surface area (Å²) in [6, 6.07) is 7.57. The number of benzene rings is 1. The third-order valence-corrected chi connectivity index (χ3v) is 4.12. The SMILES string of the molecule is COc1ccc(-c2nc(Cc3noc([C@H]4CCNC4)n3)co2)cc1. The lowest BCUT2D eigenvalue weighted by molar-refractivity contribution is 0.355. The molecule has 1 N–H and O–H groups in total. The van der Waals surface area contributed by atoms with Crippen LogP contribution in [-0.2, 0) is 6.42 Å². The van der Waals surface area contributed by atoms with E-state index in [1.165, 1.54) is 0 Å². The van der Waals surface area contributed by atoms with E-state index in [0.29, 0.717) is 29.9 Å². The average molecular weight is 326 g/mol. The summed E-state index contributed by atoms with van der Waals surface area (Å²) in [5.74, 6) is 3.02. The van der Waals surface area contributed by atoms with Crippen LogP contribution < -0.4 is 10.1 Å². The summed E-state index contributed by atoms with van der Waals surface area (Å²) in [5.41, 5.74) is 1.67. The fourth-order valence-electron chi connectivity index (χ4n) is 2.79. The Hall–Kier alpha value is -2.67. The molecule has 0 amide bonds. The minimum atomic E-state index is 0.318. The number of methoxy groups -OCH3 is 1. The first-order valence-corrected chi connectivity index (χ1v) is 7.94. The van der Waals surface area contributed by atoms with Gasteiger partial charge >= 0.3 is 0 Å². The molecule has 0 saturated carbocycles. The van der Waals surface area contributed by atoms with Crippen LogP contribution >= 0.6 is 0 Å². The molecule has 1 aromatic carbocycles. The molecular weight excluding hydrogens is 308 g/mol. The summed E-state index contributed by atoms with van der Waals surface area (Å²) >= 11 is 0. The van der Waals surface area contributed by atoms with Gasteiger partial charge in [-0.15, -0.1) is 0 Å². The summed E-state index contributed by atoms with van der Waals surface area (Å²) in [6.45, 7) is 1.89. The highest BCUT2D eigenvalue weighted by Gasteiger charge is 2.23. The molecule has 3 heterocycles. The molecule has 0 spiro atoms. The van der Waals surface area contributed by atoms with E-state index in [1.807, 2.05) is 24.3 Å². The van der Waals surface area contributed by atoms with Crippen LogP contribution in [0, 0.1) is 0 Å². The van der Waals surface area contributed by atoms with Crippen molar-refractivity contribution in [2.24, 2.45) is 0 Å². The molecule has 7 nitrogen and oxygen atoms in total. The molecule has 1 atom stereocenters. The smallest absolute Gasteiger partial charge is 0.231 e. The van der Waals surface area contributed by atoms with Gasteiger partial charge < -0.3 is 19.0 Å². The van der Waals surface area contributed by atoms with Gasteiger partial charge in [-0.25, -0.2) is 4.98 Å². The molecule has 0 bridgehead atoms. The lowest BCUT2D eigenvalue weighted by Crippen LogP contribution is -2.08. The Balaban J connectivity index is 1.46. The van der Waals surface area contributed by atoms with Gasteiger partial charge in [-0.05, 0) is 37.2 Å². The number of hydrogen-bond donors (Lipinski definition) is 1. The van der Waals surface area contributed by atoms with Crippen LogP contribution in [0.3, 0.4) is 0 Å². The lowest BCUT2D eigenvalue weighted by Gasteiger charge is -1.99. The van der Waals surface area contributed by atoms with Crippen LogP contribution in [0.15, 0.2) is 39.5 Å². The van der Waals surface area contributed by atoms with E-state index in [-0.39, 0.29) is 0 Å². The standard InChI is InChI=1S/C17H18N4O3/c1-22-14-4-2-11(3-5-14)16-19-13(10-23-16)8-15-20-17(24-21-15)12-6-7-18-9-12/h2-5,10,12,18H,6-9H2,1H3/t12-/m0/s1. The van der Waals surface area contributed by atoms with E-state index in [9.17, 15) is 0 Å². The number of aromatic nitrogens is 3. The van der Waals surface area contributed by atoms with E-state index in [0.717, 1.165) is 36.5 Å². The zero-order valence-corrected chi connectivity index (χ0v) is 13.4. The van der Waals surface area contributed by atoms with Crippen molar-refractivity contribution in [3.63, 3.8) is 0 Å². The first-order chi connectivity index (χ1) is 11.8. The zero-order valence-electron chi connectivity index (χ0n) is 13.4. The minimum absolute atomic E-state index is 0.318. The van der Waals surface area contributed by atoms with Gasteiger partial charge in [-0.1, -0.05) is 5.16 Å². The first-order valence-electron chi connectivity index (χ1n) is 7.94. The highest BCUT2D eigenvalue weighted by atomic mass is 16.5. The van der Waals surface area contributed by atoms with E-state index in [4.69, 9.17) is 13.7 Å². The Kier molecular flexibility index (Phi) is 4.00. The van der Waals surface area contributed by atoms with Crippen molar-refractivity contribution in [2.75, 3.05) is 20.2 Å². The van der Waals surface area contributed by atoms with Gasteiger partial charge in [0, 0.05) is 12.1 Å². The number of nitrogens with zero attached hydrogens (tertiary/aromatic N) is 3. The Bertz CT molecular complexity index is 803.